The van der Waals surface area contributed by atoms with E-state index in [4.69, 9.17) is 14.5 Å². The molecule has 1 aliphatic heterocycles. The summed E-state index contributed by atoms with van der Waals surface area (Å²) >= 11 is 3.07. The summed E-state index contributed by atoms with van der Waals surface area (Å²) in [6.45, 7) is 9.60. The van der Waals surface area contributed by atoms with E-state index in [0.717, 1.165) is 35.0 Å². The summed E-state index contributed by atoms with van der Waals surface area (Å²) in [6, 6.07) is 5.46. The van der Waals surface area contributed by atoms with E-state index in [-0.39, 0.29) is 11.7 Å². The number of hydrogen-bond acceptors (Lipinski definition) is 9. The van der Waals surface area contributed by atoms with Crippen LogP contribution in [0.4, 0.5) is 4.79 Å². The van der Waals surface area contributed by atoms with Gasteiger partial charge in [-0.3, -0.25) is 9.36 Å². The van der Waals surface area contributed by atoms with Crippen molar-refractivity contribution < 1.29 is 14.3 Å². The topological polar surface area (TPSA) is 99.4 Å². The number of nitrogens with zero attached hydrogens (tertiary/aromatic N) is 5. The molecule has 0 spiro atoms. The van der Waals surface area contributed by atoms with Crippen LogP contribution in [0.2, 0.25) is 0 Å². The molecule has 0 aliphatic carbocycles. The number of benzene rings is 1. The van der Waals surface area contributed by atoms with Gasteiger partial charge in [0.2, 0.25) is 0 Å². The SMILES string of the molecule is COc1cccc2c(=O)n(CCCC3CCN(C(=O)OC(C)(C)C)CC3)c(CSc3nnc(C)s3)nc12. The fourth-order valence-corrected chi connectivity index (χ4v) is 6.26. The Kier molecular flexibility index (Phi) is 8.74. The third kappa shape index (κ3) is 7.01. The van der Waals surface area contributed by atoms with Crippen molar-refractivity contribution >= 4 is 40.1 Å². The third-order valence-corrected chi connectivity index (χ3v) is 8.31. The first kappa shape index (κ1) is 27.4. The molecule has 0 radical (unpaired) electrons. The van der Waals surface area contributed by atoms with Crippen molar-refractivity contribution in [2.75, 3.05) is 20.2 Å². The normalized spacial score (nSPS) is 14.8. The molecule has 0 unspecified atom stereocenters. The quantitative estimate of drug-likeness (QED) is 0.352. The number of carbonyl (C=O) groups is 1. The Hall–Kier alpha value is -2.66. The number of rotatable bonds is 8. The molecule has 9 nitrogen and oxygen atoms in total. The number of carbonyl (C=O) groups excluding carboxylic acids is 1. The predicted molar refractivity (Wildman–Crippen MR) is 147 cm³/mol. The second-order valence-corrected chi connectivity index (χ2v) is 12.7. The average Bonchev–Trinajstić information content (AvgIpc) is 3.28. The fraction of sp³-hybridized carbons (Fsp3) is 0.577. The lowest BCUT2D eigenvalue weighted by Crippen LogP contribution is -2.41. The van der Waals surface area contributed by atoms with Crippen LogP contribution in [-0.4, -0.2) is 56.5 Å². The first-order valence-electron chi connectivity index (χ1n) is 12.6. The molecule has 0 N–H and O–H groups in total. The first-order valence-corrected chi connectivity index (χ1v) is 14.4. The Bertz CT molecular complexity index is 1290. The second-order valence-electron chi connectivity index (χ2n) is 10.3. The van der Waals surface area contributed by atoms with Crippen LogP contribution < -0.4 is 10.3 Å². The Labute approximate surface area is 225 Å². The lowest BCUT2D eigenvalue weighted by atomic mass is 9.92. The van der Waals surface area contributed by atoms with Crippen molar-refractivity contribution in [3.8, 4) is 5.75 Å². The summed E-state index contributed by atoms with van der Waals surface area (Å²) < 4.78 is 13.7. The lowest BCUT2D eigenvalue weighted by Gasteiger charge is -2.33. The van der Waals surface area contributed by atoms with E-state index in [1.165, 1.54) is 23.1 Å². The minimum absolute atomic E-state index is 0.0484. The highest BCUT2D eigenvalue weighted by Gasteiger charge is 2.26. The van der Waals surface area contributed by atoms with Crippen LogP contribution in [0.15, 0.2) is 27.3 Å². The van der Waals surface area contributed by atoms with E-state index >= 15 is 0 Å². The number of aromatic nitrogens is 4. The second kappa shape index (κ2) is 11.8. The molecule has 1 fully saturated rings. The standard InChI is InChI=1S/C26H35N5O4S2/c1-17-28-29-24(37-17)36-16-21-27-22-19(9-6-10-20(22)34-5)23(32)31(21)13-7-8-18-11-14-30(15-12-18)25(33)35-26(2,3)4/h6,9-10,18H,7-8,11-16H2,1-5H3. The van der Waals surface area contributed by atoms with Crippen LogP contribution in [0, 0.1) is 12.8 Å². The minimum Gasteiger partial charge on any atom is -0.494 e. The molecule has 3 aromatic rings. The summed E-state index contributed by atoms with van der Waals surface area (Å²) in [4.78, 5) is 32.5. The molecule has 4 rings (SSSR count). The van der Waals surface area contributed by atoms with E-state index < -0.39 is 5.60 Å². The number of hydrogen-bond donors (Lipinski definition) is 0. The number of methoxy groups -OCH3 is 1. The Morgan fingerprint density at radius 1 is 1.22 bits per heavy atom. The molecule has 37 heavy (non-hydrogen) atoms. The molecule has 0 bridgehead atoms. The summed E-state index contributed by atoms with van der Waals surface area (Å²) in [7, 11) is 1.59. The van der Waals surface area contributed by atoms with E-state index in [1.807, 2.05) is 39.8 Å². The minimum atomic E-state index is -0.482. The van der Waals surface area contributed by atoms with Crippen LogP contribution in [0.3, 0.4) is 0 Å². The van der Waals surface area contributed by atoms with Gasteiger partial charge in [-0.05, 0) is 71.4 Å². The van der Waals surface area contributed by atoms with Gasteiger partial charge in [-0.25, -0.2) is 9.78 Å². The molecular formula is C26H35N5O4S2. The number of fused-ring (bicyclic) bond motifs is 1. The predicted octanol–water partition coefficient (Wildman–Crippen LogP) is 5.28. The van der Waals surface area contributed by atoms with Crippen molar-refractivity contribution in [3.63, 3.8) is 0 Å². The van der Waals surface area contributed by atoms with Crippen molar-refractivity contribution in [3.05, 3.63) is 39.4 Å². The molecule has 0 saturated carbocycles. The van der Waals surface area contributed by atoms with E-state index in [2.05, 4.69) is 10.2 Å². The number of thioether (sulfide) groups is 1. The van der Waals surface area contributed by atoms with Gasteiger partial charge in [0, 0.05) is 19.6 Å². The maximum Gasteiger partial charge on any atom is 0.410 e. The largest absolute Gasteiger partial charge is 0.494 e. The van der Waals surface area contributed by atoms with Gasteiger partial charge >= 0.3 is 6.09 Å². The van der Waals surface area contributed by atoms with Crippen molar-refractivity contribution in [1.29, 1.82) is 0 Å². The summed E-state index contributed by atoms with van der Waals surface area (Å²) in [5, 5.41) is 9.75. The molecule has 1 saturated heterocycles. The van der Waals surface area contributed by atoms with Crippen molar-refractivity contribution in [1.82, 2.24) is 24.6 Å². The van der Waals surface area contributed by atoms with E-state index in [9.17, 15) is 9.59 Å². The average molecular weight is 546 g/mol. The van der Waals surface area contributed by atoms with Gasteiger partial charge in [0.1, 0.15) is 27.7 Å². The molecule has 1 aliphatic rings. The monoisotopic (exact) mass is 545 g/mol. The summed E-state index contributed by atoms with van der Waals surface area (Å²) in [5.74, 6) is 2.34. The summed E-state index contributed by atoms with van der Waals surface area (Å²) in [6.07, 6.45) is 3.51. The molecular weight excluding hydrogens is 510 g/mol. The molecule has 200 valence electrons. The molecule has 2 aromatic heterocycles. The van der Waals surface area contributed by atoms with Gasteiger partial charge in [-0.1, -0.05) is 29.2 Å². The van der Waals surface area contributed by atoms with Crippen LogP contribution in [-0.2, 0) is 17.0 Å². The van der Waals surface area contributed by atoms with Gasteiger partial charge in [0.25, 0.3) is 5.56 Å². The maximum absolute atomic E-state index is 13.5. The zero-order valence-corrected chi connectivity index (χ0v) is 23.8. The van der Waals surface area contributed by atoms with Crippen LogP contribution in [0.25, 0.3) is 10.9 Å². The summed E-state index contributed by atoms with van der Waals surface area (Å²) in [5.41, 5.74) is 0.0572. The van der Waals surface area contributed by atoms with Crippen molar-refractivity contribution in [2.45, 2.75) is 75.6 Å². The number of amides is 1. The highest BCUT2D eigenvalue weighted by Crippen LogP contribution is 2.28. The van der Waals surface area contributed by atoms with Gasteiger partial charge < -0.3 is 14.4 Å². The van der Waals surface area contributed by atoms with Crippen LogP contribution in [0.1, 0.15) is 57.3 Å². The van der Waals surface area contributed by atoms with Gasteiger partial charge in [0.15, 0.2) is 4.34 Å². The van der Waals surface area contributed by atoms with Gasteiger partial charge in [-0.2, -0.15) is 0 Å². The maximum atomic E-state index is 13.5. The third-order valence-electron chi connectivity index (χ3n) is 6.34. The number of para-hydroxylation sites is 1. The fourth-order valence-electron chi connectivity index (χ4n) is 4.50. The van der Waals surface area contributed by atoms with Crippen LogP contribution in [0.5, 0.6) is 5.75 Å². The smallest absolute Gasteiger partial charge is 0.410 e. The Balaban J connectivity index is 1.43. The zero-order valence-electron chi connectivity index (χ0n) is 22.2. The Morgan fingerprint density at radius 2 is 1.97 bits per heavy atom. The first-order chi connectivity index (χ1) is 17.6. The number of aryl methyl sites for hydroxylation is 1. The molecule has 1 amide bonds. The molecule has 11 heteroatoms. The van der Waals surface area contributed by atoms with Gasteiger partial charge in [0.05, 0.1) is 18.2 Å². The van der Waals surface area contributed by atoms with Crippen LogP contribution >= 0.6 is 23.1 Å². The Morgan fingerprint density at radius 3 is 2.62 bits per heavy atom. The van der Waals surface area contributed by atoms with Gasteiger partial charge in [-0.15, -0.1) is 10.2 Å². The van der Waals surface area contributed by atoms with E-state index in [0.29, 0.717) is 53.8 Å². The van der Waals surface area contributed by atoms with Crippen molar-refractivity contribution in [2.24, 2.45) is 5.92 Å². The zero-order chi connectivity index (χ0) is 26.6. The highest BCUT2D eigenvalue weighted by molar-refractivity contribution is 8.00. The highest BCUT2D eigenvalue weighted by atomic mass is 32.2. The lowest BCUT2D eigenvalue weighted by molar-refractivity contribution is 0.0180. The molecule has 3 heterocycles. The number of piperidine rings is 1. The molecule has 1 aromatic carbocycles. The molecule has 0 atom stereocenters. The number of ether oxygens (including phenoxy) is 2. The van der Waals surface area contributed by atoms with E-state index in [1.54, 1.807) is 22.6 Å². The number of likely N-dealkylation sites (tertiary alicyclic amines) is 1.